The van der Waals surface area contributed by atoms with Gasteiger partial charge in [0.15, 0.2) is 0 Å². The van der Waals surface area contributed by atoms with E-state index >= 15 is 0 Å². The van der Waals surface area contributed by atoms with E-state index in [0.717, 1.165) is 25.4 Å². The van der Waals surface area contributed by atoms with Crippen molar-refractivity contribution in [3.05, 3.63) is 0 Å². The quantitative estimate of drug-likeness (QED) is 0.815. The molecule has 1 N–H and O–H groups in total. The van der Waals surface area contributed by atoms with Crippen molar-refractivity contribution in [3.8, 4) is 0 Å². The van der Waals surface area contributed by atoms with Gasteiger partial charge in [-0.3, -0.25) is 4.90 Å². The second-order valence-electron chi connectivity index (χ2n) is 5.66. The molecule has 100 valence electrons. The Labute approximate surface area is 105 Å². The van der Waals surface area contributed by atoms with Crippen molar-refractivity contribution in [1.29, 1.82) is 0 Å². The van der Waals surface area contributed by atoms with Crippen LogP contribution in [0.2, 0.25) is 0 Å². The summed E-state index contributed by atoms with van der Waals surface area (Å²) in [6.07, 6.45) is 8.07. The molecule has 1 heterocycles. The van der Waals surface area contributed by atoms with E-state index in [-0.39, 0.29) is 6.67 Å². The molecule has 0 radical (unpaired) electrons. The minimum atomic E-state index is -0.201. The first-order chi connectivity index (χ1) is 8.35. The molecule has 1 aliphatic heterocycles. The fraction of sp³-hybridized carbons (Fsp3) is 1.00. The zero-order chi connectivity index (χ0) is 12.1. The van der Waals surface area contributed by atoms with Gasteiger partial charge < -0.3 is 5.32 Å². The largest absolute Gasteiger partial charge is 0.311 e. The van der Waals surface area contributed by atoms with Crippen LogP contribution in [0.25, 0.3) is 0 Å². The third-order valence-corrected chi connectivity index (χ3v) is 4.63. The maximum absolute atomic E-state index is 12.6. The molecule has 2 atom stereocenters. The van der Waals surface area contributed by atoms with Gasteiger partial charge in [-0.25, -0.2) is 4.39 Å². The zero-order valence-corrected chi connectivity index (χ0v) is 11.1. The Hall–Kier alpha value is -0.150. The predicted octanol–water partition coefficient (Wildman–Crippen LogP) is 2.59. The van der Waals surface area contributed by atoms with Crippen molar-refractivity contribution in [1.82, 2.24) is 10.2 Å². The molecule has 2 aliphatic rings. The maximum atomic E-state index is 12.6. The second kappa shape index (κ2) is 6.69. The normalized spacial score (nSPS) is 32.8. The van der Waals surface area contributed by atoms with E-state index in [4.69, 9.17) is 0 Å². The maximum Gasteiger partial charge on any atom is 0.102 e. The lowest BCUT2D eigenvalue weighted by atomic mass is 9.82. The molecular weight excluding hydrogens is 215 g/mol. The van der Waals surface area contributed by atoms with Crippen molar-refractivity contribution in [3.63, 3.8) is 0 Å². The first-order valence-corrected chi connectivity index (χ1v) is 7.38. The summed E-state index contributed by atoms with van der Waals surface area (Å²) in [4.78, 5) is 2.37. The highest BCUT2D eigenvalue weighted by atomic mass is 19.1. The van der Waals surface area contributed by atoms with Gasteiger partial charge in [0.2, 0.25) is 0 Å². The van der Waals surface area contributed by atoms with Gasteiger partial charge in [-0.1, -0.05) is 26.2 Å². The minimum absolute atomic E-state index is 0.201. The van der Waals surface area contributed by atoms with Crippen LogP contribution in [-0.2, 0) is 0 Å². The number of halogens is 1. The van der Waals surface area contributed by atoms with Crippen LogP contribution in [0.4, 0.5) is 4.39 Å². The predicted molar refractivity (Wildman–Crippen MR) is 70.0 cm³/mol. The van der Waals surface area contributed by atoms with E-state index in [2.05, 4.69) is 17.1 Å². The molecule has 1 aliphatic carbocycles. The van der Waals surface area contributed by atoms with E-state index in [1.165, 1.54) is 32.1 Å². The molecule has 2 nitrogen and oxygen atoms in total. The van der Waals surface area contributed by atoms with Gasteiger partial charge in [-0.05, 0) is 25.2 Å². The zero-order valence-electron chi connectivity index (χ0n) is 11.1. The summed E-state index contributed by atoms with van der Waals surface area (Å²) in [5.41, 5.74) is 0. The van der Waals surface area contributed by atoms with Gasteiger partial charge in [0.25, 0.3) is 0 Å². The Bertz CT molecular complexity index is 216. The van der Waals surface area contributed by atoms with Crippen LogP contribution < -0.4 is 5.32 Å². The monoisotopic (exact) mass is 242 g/mol. The van der Waals surface area contributed by atoms with Gasteiger partial charge in [-0.2, -0.15) is 0 Å². The van der Waals surface area contributed by atoms with Crippen LogP contribution in [0.1, 0.15) is 45.4 Å². The third kappa shape index (κ3) is 3.41. The van der Waals surface area contributed by atoms with Crippen LogP contribution in [0.3, 0.4) is 0 Å². The molecule has 0 spiro atoms. The summed E-state index contributed by atoms with van der Waals surface area (Å²) < 4.78 is 12.6. The lowest BCUT2D eigenvalue weighted by Gasteiger charge is -2.43. The number of rotatable bonds is 4. The number of nitrogens with one attached hydrogen (secondary N) is 1. The highest BCUT2D eigenvalue weighted by molar-refractivity contribution is 4.90. The lowest BCUT2D eigenvalue weighted by Crippen LogP contribution is -2.59. The second-order valence-corrected chi connectivity index (χ2v) is 5.66. The molecule has 0 aromatic carbocycles. The molecule has 1 saturated carbocycles. The number of alkyl halides is 1. The van der Waals surface area contributed by atoms with Crippen molar-refractivity contribution in [2.45, 2.75) is 57.5 Å². The van der Waals surface area contributed by atoms with E-state index in [0.29, 0.717) is 18.6 Å². The summed E-state index contributed by atoms with van der Waals surface area (Å²) >= 11 is 0. The summed E-state index contributed by atoms with van der Waals surface area (Å²) in [6.45, 7) is 4.75. The molecular formula is C14H27FN2. The number of hydrogen-bond donors (Lipinski definition) is 1. The molecule has 0 bridgehead atoms. The number of hydrogen-bond acceptors (Lipinski definition) is 2. The van der Waals surface area contributed by atoms with Crippen molar-refractivity contribution in [2.75, 3.05) is 26.3 Å². The van der Waals surface area contributed by atoms with Crippen LogP contribution in [0, 0.1) is 5.92 Å². The Morgan fingerprint density at radius 3 is 2.65 bits per heavy atom. The van der Waals surface area contributed by atoms with E-state index < -0.39 is 0 Å². The minimum Gasteiger partial charge on any atom is -0.311 e. The topological polar surface area (TPSA) is 15.3 Å². The Morgan fingerprint density at radius 1 is 1.24 bits per heavy atom. The van der Waals surface area contributed by atoms with Crippen LogP contribution >= 0.6 is 0 Å². The average Bonchev–Trinajstić information content (AvgIpc) is 2.40. The summed E-state index contributed by atoms with van der Waals surface area (Å²) in [5, 5.41) is 3.71. The van der Waals surface area contributed by atoms with Gasteiger partial charge >= 0.3 is 0 Å². The highest BCUT2D eigenvalue weighted by Gasteiger charge is 2.31. The molecule has 3 heteroatoms. The molecule has 1 saturated heterocycles. The fourth-order valence-corrected chi connectivity index (χ4v) is 3.52. The summed E-state index contributed by atoms with van der Waals surface area (Å²) in [7, 11) is 0. The molecule has 0 amide bonds. The van der Waals surface area contributed by atoms with E-state index in [9.17, 15) is 4.39 Å². The van der Waals surface area contributed by atoms with E-state index in [1.807, 2.05) is 0 Å². The smallest absolute Gasteiger partial charge is 0.102 e. The van der Waals surface area contributed by atoms with Crippen molar-refractivity contribution >= 4 is 0 Å². The van der Waals surface area contributed by atoms with E-state index in [1.54, 1.807) is 0 Å². The van der Waals surface area contributed by atoms with Crippen LogP contribution in [0.5, 0.6) is 0 Å². The Kier molecular flexibility index (Phi) is 5.23. The molecule has 2 unspecified atom stereocenters. The Morgan fingerprint density at radius 2 is 2.00 bits per heavy atom. The molecule has 0 aromatic heterocycles. The lowest BCUT2D eigenvalue weighted by molar-refractivity contribution is 0.0878. The summed E-state index contributed by atoms with van der Waals surface area (Å²) in [5.74, 6) is 0.837. The van der Waals surface area contributed by atoms with Gasteiger partial charge in [-0.15, -0.1) is 0 Å². The number of nitrogens with zero attached hydrogens (tertiary/aromatic N) is 1. The first kappa shape index (κ1) is 13.3. The van der Waals surface area contributed by atoms with Gasteiger partial charge in [0.05, 0.1) is 0 Å². The van der Waals surface area contributed by atoms with Crippen molar-refractivity contribution in [2.24, 2.45) is 5.92 Å². The molecule has 2 fully saturated rings. The number of piperazine rings is 1. The highest BCUT2D eigenvalue weighted by Crippen LogP contribution is 2.28. The van der Waals surface area contributed by atoms with Crippen LogP contribution in [0.15, 0.2) is 0 Å². The van der Waals surface area contributed by atoms with Gasteiger partial charge in [0.1, 0.15) is 6.67 Å². The first-order valence-electron chi connectivity index (χ1n) is 7.38. The molecule has 2 rings (SSSR count). The Balaban J connectivity index is 1.88. The third-order valence-electron chi connectivity index (χ3n) is 4.63. The fourth-order valence-electron chi connectivity index (χ4n) is 3.52. The molecule has 0 aromatic rings. The SMILES string of the molecule is CCC1CNC(C2CCCCC2)CN1CCF. The molecule has 17 heavy (non-hydrogen) atoms. The standard InChI is InChI=1S/C14H27FN2/c1-2-13-10-16-14(11-17(13)9-8-15)12-6-4-3-5-7-12/h12-14,16H,2-11H2,1H3. The summed E-state index contributed by atoms with van der Waals surface area (Å²) in [6, 6.07) is 1.16. The van der Waals surface area contributed by atoms with Crippen LogP contribution in [-0.4, -0.2) is 43.3 Å². The average molecular weight is 242 g/mol. The van der Waals surface area contributed by atoms with Gasteiger partial charge in [0, 0.05) is 31.7 Å². The van der Waals surface area contributed by atoms with Crippen molar-refractivity contribution < 1.29 is 4.39 Å².